The minimum Gasteiger partial charge on any atom is -0.492 e. The lowest BCUT2D eigenvalue weighted by Gasteiger charge is -2.19. The van der Waals surface area contributed by atoms with E-state index in [9.17, 15) is 4.79 Å². The summed E-state index contributed by atoms with van der Waals surface area (Å²) in [6, 6.07) is 0. The summed E-state index contributed by atoms with van der Waals surface area (Å²) in [6.45, 7) is 2.61. The zero-order valence-electron chi connectivity index (χ0n) is 8.87. The van der Waals surface area contributed by atoms with Crippen LogP contribution in [0.25, 0.3) is 0 Å². The SMILES string of the molecule is COC(=O)c1ncc2c(c1C)CCCO2. The number of methoxy groups -OCH3 is 1. The van der Waals surface area contributed by atoms with Gasteiger partial charge in [0.05, 0.1) is 19.9 Å². The number of ether oxygens (including phenoxy) is 2. The van der Waals surface area contributed by atoms with E-state index >= 15 is 0 Å². The van der Waals surface area contributed by atoms with Gasteiger partial charge in [-0.15, -0.1) is 0 Å². The molecule has 4 nitrogen and oxygen atoms in total. The zero-order chi connectivity index (χ0) is 10.8. The lowest BCUT2D eigenvalue weighted by atomic mass is 10.0. The van der Waals surface area contributed by atoms with Crippen LogP contribution in [0.5, 0.6) is 5.75 Å². The molecule has 0 atom stereocenters. The predicted molar refractivity (Wildman–Crippen MR) is 54.1 cm³/mol. The van der Waals surface area contributed by atoms with Crippen LogP contribution in [-0.4, -0.2) is 24.7 Å². The number of hydrogen-bond acceptors (Lipinski definition) is 4. The van der Waals surface area contributed by atoms with E-state index in [1.807, 2.05) is 6.92 Å². The van der Waals surface area contributed by atoms with Gasteiger partial charge in [0.2, 0.25) is 0 Å². The van der Waals surface area contributed by atoms with Gasteiger partial charge in [-0.25, -0.2) is 9.78 Å². The van der Waals surface area contributed by atoms with Gasteiger partial charge in [-0.05, 0) is 25.3 Å². The summed E-state index contributed by atoms with van der Waals surface area (Å²) in [5.74, 6) is 0.410. The summed E-state index contributed by atoms with van der Waals surface area (Å²) >= 11 is 0. The molecule has 1 aromatic rings. The second-order valence-electron chi connectivity index (χ2n) is 3.52. The van der Waals surface area contributed by atoms with E-state index < -0.39 is 0 Å². The van der Waals surface area contributed by atoms with Crippen LogP contribution in [0, 0.1) is 6.92 Å². The van der Waals surface area contributed by atoms with E-state index in [1.54, 1.807) is 6.20 Å². The smallest absolute Gasteiger partial charge is 0.356 e. The first-order valence-electron chi connectivity index (χ1n) is 4.93. The van der Waals surface area contributed by atoms with Crippen LogP contribution in [0.4, 0.5) is 0 Å². The molecule has 0 aromatic carbocycles. The van der Waals surface area contributed by atoms with Crippen LogP contribution in [-0.2, 0) is 11.2 Å². The number of hydrogen-bond donors (Lipinski definition) is 0. The van der Waals surface area contributed by atoms with E-state index in [1.165, 1.54) is 7.11 Å². The summed E-state index contributed by atoms with van der Waals surface area (Å²) < 4.78 is 10.1. The third-order valence-electron chi connectivity index (χ3n) is 2.62. The van der Waals surface area contributed by atoms with Gasteiger partial charge in [-0.3, -0.25) is 0 Å². The van der Waals surface area contributed by atoms with Gasteiger partial charge in [0, 0.05) is 5.56 Å². The molecule has 4 heteroatoms. The first-order valence-corrected chi connectivity index (χ1v) is 4.93. The van der Waals surface area contributed by atoms with Crippen LogP contribution < -0.4 is 4.74 Å². The van der Waals surface area contributed by atoms with Gasteiger partial charge in [-0.1, -0.05) is 0 Å². The van der Waals surface area contributed by atoms with E-state index in [4.69, 9.17) is 4.74 Å². The largest absolute Gasteiger partial charge is 0.492 e. The molecule has 0 saturated carbocycles. The van der Waals surface area contributed by atoms with Crippen molar-refractivity contribution < 1.29 is 14.3 Å². The Balaban J connectivity index is 2.47. The number of carbonyl (C=O) groups excluding carboxylic acids is 1. The summed E-state index contributed by atoms with van der Waals surface area (Å²) in [7, 11) is 1.36. The molecule has 0 unspecified atom stereocenters. The van der Waals surface area contributed by atoms with Gasteiger partial charge in [0.1, 0.15) is 5.75 Å². The number of esters is 1. The molecule has 0 N–H and O–H groups in total. The van der Waals surface area contributed by atoms with Crippen molar-refractivity contribution >= 4 is 5.97 Å². The minimum absolute atomic E-state index is 0.388. The van der Waals surface area contributed by atoms with E-state index in [0.717, 1.165) is 36.3 Å². The Hall–Kier alpha value is -1.58. The van der Waals surface area contributed by atoms with Crippen LogP contribution in [0.2, 0.25) is 0 Å². The second kappa shape index (κ2) is 3.88. The van der Waals surface area contributed by atoms with Gasteiger partial charge in [0.25, 0.3) is 0 Å². The molecule has 0 radical (unpaired) electrons. The number of carbonyl (C=O) groups is 1. The van der Waals surface area contributed by atoms with Crippen molar-refractivity contribution in [3.63, 3.8) is 0 Å². The maximum atomic E-state index is 11.4. The molecule has 0 spiro atoms. The standard InChI is InChI=1S/C11H13NO3/c1-7-8-4-3-5-15-9(8)6-12-10(7)11(13)14-2/h6H,3-5H2,1-2H3. The second-order valence-corrected chi connectivity index (χ2v) is 3.52. The van der Waals surface area contributed by atoms with Crippen molar-refractivity contribution in [3.05, 3.63) is 23.0 Å². The fourth-order valence-electron chi connectivity index (χ4n) is 1.79. The number of nitrogens with zero attached hydrogens (tertiary/aromatic N) is 1. The van der Waals surface area contributed by atoms with Crippen molar-refractivity contribution in [2.75, 3.05) is 13.7 Å². The normalized spacial score (nSPS) is 14.0. The van der Waals surface area contributed by atoms with Crippen LogP contribution in [0.15, 0.2) is 6.20 Å². The Kier molecular flexibility index (Phi) is 2.58. The Bertz CT molecular complexity index is 401. The average Bonchev–Trinajstić information content (AvgIpc) is 2.29. The zero-order valence-corrected chi connectivity index (χ0v) is 8.87. The lowest BCUT2D eigenvalue weighted by molar-refractivity contribution is 0.0592. The molecule has 0 saturated heterocycles. The third-order valence-corrected chi connectivity index (χ3v) is 2.62. The molecule has 1 aliphatic rings. The molecule has 1 aliphatic heterocycles. The molecule has 80 valence electrons. The first-order chi connectivity index (χ1) is 7.24. The Morgan fingerprint density at radius 2 is 2.40 bits per heavy atom. The van der Waals surface area contributed by atoms with Crippen molar-refractivity contribution in [3.8, 4) is 5.75 Å². The van der Waals surface area contributed by atoms with Crippen LogP contribution in [0.1, 0.15) is 28.0 Å². The fraction of sp³-hybridized carbons (Fsp3) is 0.455. The van der Waals surface area contributed by atoms with Crippen molar-refractivity contribution in [1.29, 1.82) is 0 Å². The topological polar surface area (TPSA) is 48.4 Å². The molecule has 0 amide bonds. The summed E-state index contributed by atoms with van der Waals surface area (Å²) in [5, 5.41) is 0. The Morgan fingerprint density at radius 3 is 3.13 bits per heavy atom. The van der Waals surface area contributed by atoms with Crippen molar-refractivity contribution in [2.45, 2.75) is 19.8 Å². The number of fused-ring (bicyclic) bond motifs is 1. The summed E-state index contributed by atoms with van der Waals surface area (Å²) in [5.41, 5.74) is 2.34. The minimum atomic E-state index is -0.388. The maximum Gasteiger partial charge on any atom is 0.356 e. The molecule has 1 aromatic heterocycles. The van der Waals surface area contributed by atoms with Gasteiger partial charge in [-0.2, -0.15) is 0 Å². The molecule has 2 rings (SSSR count). The summed E-state index contributed by atoms with van der Waals surface area (Å²) in [4.78, 5) is 15.5. The maximum absolute atomic E-state index is 11.4. The first kappa shape index (κ1) is 9.96. The van der Waals surface area contributed by atoms with Gasteiger partial charge in [0.15, 0.2) is 5.69 Å². The van der Waals surface area contributed by atoms with E-state index in [2.05, 4.69) is 9.72 Å². The molecule has 2 heterocycles. The molecular formula is C11H13NO3. The van der Waals surface area contributed by atoms with E-state index in [-0.39, 0.29) is 5.97 Å². The number of rotatable bonds is 1. The summed E-state index contributed by atoms with van der Waals surface area (Å²) in [6.07, 6.45) is 3.53. The Morgan fingerprint density at radius 1 is 1.60 bits per heavy atom. The molecule has 0 aliphatic carbocycles. The average molecular weight is 207 g/mol. The molecule has 15 heavy (non-hydrogen) atoms. The van der Waals surface area contributed by atoms with Gasteiger partial charge >= 0.3 is 5.97 Å². The number of pyridine rings is 1. The quantitative estimate of drug-likeness (QED) is 0.655. The fourth-order valence-corrected chi connectivity index (χ4v) is 1.79. The number of aromatic nitrogens is 1. The highest BCUT2D eigenvalue weighted by atomic mass is 16.5. The molecular weight excluding hydrogens is 194 g/mol. The van der Waals surface area contributed by atoms with Crippen molar-refractivity contribution in [1.82, 2.24) is 4.98 Å². The monoisotopic (exact) mass is 207 g/mol. The predicted octanol–water partition coefficient (Wildman–Crippen LogP) is 1.50. The van der Waals surface area contributed by atoms with Crippen LogP contribution >= 0.6 is 0 Å². The van der Waals surface area contributed by atoms with Crippen LogP contribution in [0.3, 0.4) is 0 Å². The molecule has 0 fully saturated rings. The highest BCUT2D eigenvalue weighted by Crippen LogP contribution is 2.28. The Labute approximate surface area is 88.2 Å². The lowest BCUT2D eigenvalue weighted by Crippen LogP contribution is -2.14. The highest BCUT2D eigenvalue weighted by Gasteiger charge is 2.19. The van der Waals surface area contributed by atoms with Crippen molar-refractivity contribution in [2.24, 2.45) is 0 Å². The third kappa shape index (κ3) is 1.67. The molecule has 0 bridgehead atoms. The highest BCUT2D eigenvalue weighted by molar-refractivity contribution is 5.89. The van der Waals surface area contributed by atoms with E-state index in [0.29, 0.717) is 5.69 Å². The van der Waals surface area contributed by atoms with Gasteiger partial charge < -0.3 is 9.47 Å².